The fourth-order valence-electron chi connectivity index (χ4n) is 1.71. The van der Waals surface area contributed by atoms with Crippen molar-refractivity contribution in [2.75, 3.05) is 5.73 Å². The average molecular weight is 214 g/mol. The molecule has 0 saturated carbocycles. The van der Waals surface area contributed by atoms with Gasteiger partial charge in [0.1, 0.15) is 11.3 Å². The van der Waals surface area contributed by atoms with Crippen LogP contribution in [0.15, 0.2) is 39.4 Å². The van der Waals surface area contributed by atoms with Crippen LogP contribution in [-0.4, -0.2) is 5.16 Å². The third-order valence-corrected chi connectivity index (χ3v) is 2.49. The molecule has 3 rings (SSSR count). The van der Waals surface area contributed by atoms with Gasteiger partial charge in [-0.3, -0.25) is 0 Å². The van der Waals surface area contributed by atoms with Crippen molar-refractivity contribution in [3.63, 3.8) is 0 Å². The minimum Gasteiger partial charge on any atom is -0.453 e. The fourth-order valence-corrected chi connectivity index (χ4v) is 1.71. The van der Waals surface area contributed by atoms with Crippen molar-refractivity contribution in [1.29, 1.82) is 0 Å². The second-order valence-corrected chi connectivity index (χ2v) is 3.76. The van der Waals surface area contributed by atoms with Crippen molar-refractivity contribution in [3.05, 3.63) is 36.0 Å². The molecular formula is C12H10N2O2. The van der Waals surface area contributed by atoms with Crippen molar-refractivity contribution in [3.8, 4) is 11.5 Å². The molecule has 2 N–H and O–H groups in total. The highest BCUT2D eigenvalue weighted by Crippen LogP contribution is 2.31. The van der Waals surface area contributed by atoms with Gasteiger partial charge in [-0.1, -0.05) is 16.8 Å². The Morgan fingerprint density at radius 3 is 2.88 bits per heavy atom. The SMILES string of the molecule is Cc1ccc2oc(-c3oncc3N)cc2c1. The summed E-state index contributed by atoms with van der Waals surface area (Å²) >= 11 is 0. The number of anilines is 1. The number of benzene rings is 1. The minimum absolute atomic E-state index is 0.480. The van der Waals surface area contributed by atoms with Crippen molar-refractivity contribution >= 4 is 16.7 Å². The summed E-state index contributed by atoms with van der Waals surface area (Å²) in [5.41, 5.74) is 8.19. The highest BCUT2D eigenvalue weighted by atomic mass is 16.5. The second kappa shape index (κ2) is 3.13. The second-order valence-electron chi connectivity index (χ2n) is 3.76. The van der Waals surface area contributed by atoms with E-state index in [0.717, 1.165) is 11.0 Å². The maximum atomic E-state index is 5.71. The number of rotatable bonds is 1. The van der Waals surface area contributed by atoms with Crippen LogP contribution in [0.3, 0.4) is 0 Å². The Labute approximate surface area is 91.6 Å². The molecule has 0 spiro atoms. The van der Waals surface area contributed by atoms with Gasteiger partial charge in [-0.15, -0.1) is 0 Å². The molecule has 2 heterocycles. The highest BCUT2D eigenvalue weighted by molar-refractivity contribution is 5.84. The summed E-state index contributed by atoms with van der Waals surface area (Å²) in [5.74, 6) is 1.09. The van der Waals surface area contributed by atoms with E-state index in [0.29, 0.717) is 17.2 Å². The highest BCUT2D eigenvalue weighted by Gasteiger charge is 2.13. The topological polar surface area (TPSA) is 65.2 Å². The lowest BCUT2D eigenvalue weighted by molar-refractivity contribution is 0.421. The van der Waals surface area contributed by atoms with Crippen molar-refractivity contribution in [2.45, 2.75) is 6.92 Å². The van der Waals surface area contributed by atoms with E-state index in [-0.39, 0.29) is 0 Å². The molecule has 0 amide bonds. The molecule has 0 radical (unpaired) electrons. The van der Waals surface area contributed by atoms with Gasteiger partial charge in [-0.25, -0.2) is 0 Å². The van der Waals surface area contributed by atoms with Crippen molar-refractivity contribution < 1.29 is 8.94 Å². The number of fused-ring (bicyclic) bond motifs is 1. The summed E-state index contributed by atoms with van der Waals surface area (Å²) in [6.45, 7) is 2.04. The molecular weight excluding hydrogens is 204 g/mol. The third-order valence-electron chi connectivity index (χ3n) is 2.49. The van der Waals surface area contributed by atoms with E-state index < -0.39 is 0 Å². The zero-order chi connectivity index (χ0) is 11.1. The Hall–Kier alpha value is -2.23. The van der Waals surface area contributed by atoms with Crippen molar-refractivity contribution in [1.82, 2.24) is 5.16 Å². The van der Waals surface area contributed by atoms with E-state index in [9.17, 15) is 0 Å². The van der Waals surface area contributed by atoms with E-state index >= 15 is 0 Å². The van der Waals surface area contributed by atoms with Gasteiger partial charge in [0.15, 0.2) is 5.76 Å². The van der Waals surface area contributed by atoms with Crippen LogP contribution >= 0.6 is 0 Å². The van der Waals surface area contributed by atoms with Crippen LogP contribution < -0.4 is 5.73 Å². The van der Waals surface area contributed by atoms with Crippen molar-refractivity contribution in [2.24, 2.45) is 0 Å². The van der Waals surface area contributed by atoms with Gasteiger partial charge in [0, 0.05) is 5.39 Å². The van der Waals surface area contributed by atoms with Crippen LogP contribution in [0, 0.1) is 6.92 Å². The van der Waals surface area contributed by atoms with E-state index in [2.05, 4.69) is 11.2 Å². The summed E-state index contributed by atoms with van der Waals surface area (Å²) in [4.78, 5) is 0. The zero-order valence-corrected chi connectivity index (χ0v) is 8.73. The first kappa shape index (κ1) is 9.03. The molecule has 4 nitrogen and oxygen atoms in total. The lowest BCUT2D eigenvalue weighted by Crippen LogP contribution is -1.82. The molecule has 0 saturated heterocycles. The van der Waals surface area contributed by atoms with E-state index in [1.165, 1.54) is 11.8 Å². The first-order valence-electron chi connectivity index (χ1n) is 4.95. The lowest BCUT2D eigenvalue weighted by Gasteiger charge is -1.90. The van der Waals surface area contributed by atoms with Gasteiger partial charge in [-0.05, 0) is 25.1 Å². The zero-order valence-electron chi connectivity index (χ0n) is 8.73. The molecule has 0 unspecified atom stereocenters. The molecule has 3 aromatic rings. The summed E-state index contributed by atoms with van der Waals surface area (Å²) < 4.78 is 10.7. The molecule has 0 fully saturated rings. The van der Waals surface area contributed by atoms with Crippen LogP contribution in [0.2, 0.25) is 0 Å². The molecule has 0 aliphatic carbocycles. The number of nitrogen functional groups attached to an aromatic ring is 1. The van der Waals surface area contributed by atoms with Gasteiger partial charge in [0.05, 0.1) is 6.20 Å². The average Bonchev–Trinajstić information content (AvgIpc) is 2.82. The largest absolute Gasteiger partial charge is 0.453 e. The first-order chi connectivity index (χ1) is 7.74. The quantitative estimate of drug-likeness (QED) is 0.676. The molecule has 0 aliphatic heterocycles. The van der Waals surface area contributed by atoms with Gasteiger partial charge >= 0.3 is 0 Å². The standard InChI is InChI=1S/C12H10N2O2/c1-7-2-3-10-8(4-7)5-11(15-10)12-9(13)6-14-16-12/h2-6H,13H2,1H3. The minimum atomic E-state index is 0.480. The molecule has 0 aliphatic rings. The monoisotopic (exact) mass is 214 g/mol. The Balaban J connectivity index is 2.23. The maximum absolute atomic E-state index is 5.71. The first-order valence-corrected chi connectivity index (χ1v) is 4.95. The lowest BCUT2D eigenvalue weighted by atomic mass is 10.2. The summed E-state index contributed by atoms with van der Waals surface area (Å²) in [6, 6.07) is 7.88. The van der Waals surface area contributed by atoms with Crippen LogP contribution in [0.5, 0.6) is 0 Å². The summed E-state index contributed by atoms with van der Waals surface area (Å²) in [5, 5.41) is 4.66. The van der Waals surface area contributed by atoms with Gasteiger partial charge in [0.2, 0.25) is 5.76 Å². The van der Waals surface area contributed by atoms with Crippen LogP contribution in [0.25, 0.3) is 22.5 Å². The maximum Gasteiger partial charge on any atom is 0.224 e. The Kier molecular flexibility index (Phi) is 1.77. The smallest absolute Gasteiger partial charge is 0.224 e. The van der Waals surface area contributed by atoms with Gasteiger partial charge in [-0.2, -0.15) is 0 Å². The van der Waals surface area contributed by atoms with E-state index in [1.807, 2.05) is 25.1 Å². The van der Waals surface area contributed by atoms with Crippen LogP contribution in [0.1, 0.15) is 5.56 Å². The molecule has 4 heteroatoms. The normalized spacial score (nSPS) is 11.1. The predicted octanol–water partition coefficient (Wildman–Crippen LogP) is 2.98. The van der Waals surface area contributed by atoms with Crippen LogP contribution in [0.4, 0.5) is 5.69 Å². The molecule has 2 aromatic heterocycles. The number of furan rings is 1. The van der Waals surface area contributed by atoms with E-state index in [1.54, 1.807) is 0 Å². The number of hydrogen-bond donors (Lipinski definition) is 1. The fraction of sp³-hybridized carbons (Fsp3) is 0.0833. The molecule has 80 valence electrons. The number of aromatic nitrogens is 1. The third kappa shape index (κ3) is 1.27. The number of aryl methyl sites for hydroxylation is 1. The Bertz CT molecular complexity index is 652. The number of nitrogens with zero attached hydrogens (tertiary/aromatic N) is 1. The molecule has 0 atom stereocenters. The molecule has 0 bridgehead atoms. The number of hydrogen-bond acceptors (Lipinski definition) is 4. The Morgan fingerprint density at radius 1 is 1.25 bits per heavy atom. The Morgan fingerprint density at radius 2 is 2.12 bits per heavy atom. The predicted molar refractivity (Wildman–Crippen MR) is 60.9 cm³/mol. The van der Waals surface area contributed by atoms with Gasteiger partial charge < -0.3 is 14.7 Å². The molecule has 1 aromatic carbocycles. The summed E-state index contributed by atoms with van der Waals surface area (Å²) in [7, 11) is 0. The van der Waals surface area contributed by atoms with Gasteiger partial charge in [0.25, 0.3) is 0 Å². The summed E-state index contributed by atoms with van der Waals surface area (Å²) in [6.07, 6.45) is 1.47. The van der Waals surface area contributed by atoms with E-state index in [4.69, 9.17) is 14.7 Å². The van der Waals surface area contributed by atoms with Crippen LogP contribution in [-0.2, 0) is 0 Å². The molecule has 16 heavy (non-hydrogen) atoms. The number of nitrogens with two attached hydrogens (primary N) is 1.